The van der Waals surface area contributed by atoms with Crippen molar-refractivity contribution in [2.45, 2.75) is 13.5 Å². The van der Waals surface area contributed by atoms with Crippen molar-refractivity contribution in [3.8, 4) is 0 Å². The summed E-state index contributed by atoms with van der Waals surface area (Å²) in [6.45, 7) is 2.88. The number of hydrogen-bond donors (Lipinski definition) is 1. The molecule has 0 amide bonds. The number of aryl methyl sites for hydroxylation is 1. The molecule has 2 aromatic heterocycles. The second-order valence-electron chi connectivity index (χ2n) is 3.27. The second-order valence-corrected chi connectivity index (χ2v) is 4.02. The molecule has 1 N–H and O–H groups in total. The van der Waals surface area contributed by atoms with E-state index in [1.165, 1.54) is 5.56 Å². The van der Waals surface area contributed by atoms with Crippen LogP contribution in [0.4, 0.5) is 0 Å². The summed E-state index contributed by atoms with van der Waals surface area (Å²) >= 11 is 3.43. The van der Waals surface area contributed by atoms with Crippen LogP contribution in [0.3, 0.4) is 0 Å². The molecule has 2 heterocycles. The van der Waals surface area contributed by atoms with Gasteiger partial charge in [-0.15, -0.1) is 0 Å². The first-order valence-electron chi connectivity index (χ1n) is 4.50. The number of rotatable bonds is 2. The molecule has 0 radical (unpaired) electrons. The maximum atomic E-state index is 4.35. The van der Waals surface area contributed by atoms with Crippen molar-refractivity contribution < 1.29 is 0 Å². The van der Waals surface area contributed by atoms with Gasteiger partial charge in [-0.05, 0) is 41.5 Å². The van der Waals surface area contributed by atoms with Crippen LogP contribution in [0, 0.1) is 6.92 Å². The van der Waals surface area contributed by atoms with E-state index in [1.807, 2.05) is 14.0 Å². The minimum atomic E-state index is 0.880. The zero-order valence-corrected chi connectivity index (χ0v) is 9.80. The molecule has 2 rings (SSSR count). The smallest absolute Gasteiger partial charge is 0.132 e. The zero-order chi connectivity index (χ0) is 10.1. The van der Waals surface area contributed by atoms with Crippen LogP contribution in [0.25, 0.3) is 5.52 Å². The van der Waals surface area contributed by atoms with Crippen LogP contribution in [0.2, 0.25) is 0 Å². The Morgan fingerprint density at radius 2 is 2.29 bits per heavy atom. The van der Waals surface area contributed by atoms with Crippen molar-refractivity contribution in [2.75, 3.05) is 7.05 Å². The fraction of sp³-hybridized carbons (Fsp3) is 0.300. The van der Waals surface area contributed by atoms with Gasteiger partial charge < -0.3 is 9.72 Å². The minimum absolute atomic E-state index is 0.880. The highest BCUT2D eigenvalue weighted by Crippen LogP contribution is 2.19. The zero-order valence-electron chi connectivity index (χ0n) is 8.21. The first kappa shape index (κ1) is 9.68. The number of hydrogen-bond acceptors (Lipinski definition) is 2. The van der Waals surface area contributed by atoms with Gasteiger partial charge in [-0.1, -0.05) is 6.07 Å². The summed E-state index contributed by atoms with van der Waals surface area (Å²) in [5.74, 6) is 1.00. The number of nitrogens with one attached hydrogen (secondary N) is 1. The van der Waals surface area contributed by atoms with Gasteiger partial charge in [0.1, 0.15) is 10.4 Å². The molecule has 0 bridgehead atoms. The third-order valence-electron chi connectivity index (χ3n) is 2.21. The van der Waals surface area contributed by atoms with E-state index in [0.717, 1.165) is 22.5 Å². The molecule has 0 aromatic carbocycles. The number of aromatic nitrogens is 2. The van der Waals surface area contributed by atoms with Crippen molar-refractivity contribution in [1.82, 2.24) is 14.7 Å². The van der Waals surface area contributed by atoms with Gasteiger partial charge in [0, 0.05) is 12.7 Å². The summed E-state index contributed by atoms with van der Waals surface area (Å²) in [6, 6.07) is 4.19. The average molecular weight is 254 g/mol. The quantitative estimate of drug-likeness (QED) is 0.889. The molecule has 74 valence electrons. The van der Waals surface area contributed by atoms with Crippen LogP contribution in [-0.4, -0.2) is 16.4 Å². The predicted octanol–water partition coefficient (Wildman–Crippen LogP) is 2.12. The third kappa shape index (κ3) is 1.55. The highest BCUT2D eigenvalue weighted by atomic mass is 79.9. The van der Waals surface area contributed by atoms with Crippen molar-refractivity contribution in [3.63, 3.8) is 0 Å². The first-order valence-corrected chi connectivity index (χ1v) is 5.29. The molecule has 0 saturated carbocycles. The van der Waals surface area contributed by atoms with Crippen LogP contribution in [0.15, 0.2) is 22.9 Å². The van der Waals surface area contributed by atoms with Gasteiger partial charge in [-0.2, -0.15) is 0 Å². The molecule has 0 saturated heterocycles. The summed E-state index contributed by atoms with van der Waals surface area (Å²) in [6.07, 6.45) is 2.11. The van der Waals surface area contributed by atoms with Gasteiger partial charge in [0.05, 0.1) is 5.52 Å². The topological polar surface area (TPSA) is 29.3 Å². The molecule has 0 aliphatic carbocycles. The molecule has 0 aliphatic heterocycles. The predicted molar refractivity (Wildman–Crippen MR) is 60.4 cm³/mol. The lowest BCUT2D eigenvalue weighted by atomic mass is 10.2. The van der Waals surface area contributed by atoms with Gasteiger partial charge in [0.15, 0.2) is 0 Å². The Bertz CT molecular complexity index is 462. The van der Waals surface area contributed by atoms with Crippen LogP contribution in [0.5, 0.6) is 0 Å². The molecule has 2 aromatic rings. The molecular weight excluding hydrogens is 242 g/mol. The monoisotopic (exact) mass is 253 g/mol. The highest BCUT2D eigenvalue weighted by molar-refractivity contribution is 9.10. The molecule has 0 atom stereocenters. The Labute approximate surface area is 91.3 Å². The van der Waals surface area contributed by atoms with E-state index in [1.54, 1.807) is 0 Å². The van der Waals surface area contributed by atoms with Crippen molar-refractivity contribution in [1.29, 1.82) is 0 Å². The Kier molecular flexibility index (Phi) is 2.56. The molecule has 0 fully saturated rings. The van der Waals surface area contributed by atoms with Crippen LogP contribution in [-0.2, 0) is 6.54 Å². The standard InChI is InChI=1S/C10H12BrN3/c1-7-13-10(11)9-4-3-8(5-12-2)6-14(7)9/h3-4,6,12H,5H2,1-2H3. The van der Waals surface area contributed by atoms with Gasteiger partial charge in [-0.25, -0.2) is 4.98 Å². The van der Waals surface area contributed by atoms with Crippen LogP contribution < -0.4 is 5.32 Å². The Morgan fingerprint density at radius 1 is 1.50 bits per heavy atom. The normalized spacial score (nSPS) is 11.1. The molecule has 3 nitrogen and oxygen atoms in total. The number of nitrogens with zero attached hydrogens (tertiary/aromatic N) is 2. The first-order chi connectivity index (χ1) is 6.72. The van der Waals surface area contributed by atoms with Crippen LogP contribution in [0.1, 0.15) is 11.4 Å². The number of halogens is 1. The highest BCUT2D eigenvalue weighted by Gasteiger charge is 2.05. The molecule has 14 heavy (non-hydrogen) atoms. The fourth-order valence-electron chi connectivity index (χ4n) is 1.54. The summed E-state index contributed by atoms with van der Waals surface area (Å²) < 4.78 is 3.00. The maximum absolute atomic E-state index is 4.35. The lowest BCUT2D eigenvalue weighted by Crippen LogP contribution is -2.05. The number of imidazole rings is 1. The van der Waals surface area contributed by atoms with Gasteiger partial charge in [-0.3, -0.25) is 0 Å². The summed E-state index contributed by atoms with van der Waals surface area (Å²) in [7, 11) is 1.95. The molecule has 0 spiro atoms. The van der Waals surface area contributed by atoms with E-state index in [0.29, 0.717) is 0 Å². The van der Waals surface area contributed by atoms with Crippen molar-refractivity contribution in [3.05, 3.63) is 34.3 Å². The summed E-state index contributed by atoms with van der Waals surface area (Å²) in [5.41, 5.74) is 2.37. The van der Waals surface area contributed by atoms with Gasteiger partial charge in [0.2, 0.25) is 0 Å². The summed E-state index contributed by atoms with van der Waals surface area (Å²) in [5, 5.41) is 3.13. The molecular formula is C10H12BrN3. The maximum Gasteiger partial charge on any atom is 0.132 e. The van der Waals surface area contributed by atoms with E-state index in [4.69, 9.17) is 0 Å². The number of fused-ring (bicyclic) bond motifs is 1. The summed E-state index contributed by atoms with van der Waals surface area (Å²) in [4.78, 5) is 4.35. The largest absolute Gasteiger partial charge is 0.316 e. The lowest BCUT2D eigenvalue weighted by molar-refractivity contribution is 0.809. The van der Waals surface area contributed by atoms with Crippen molar-refractivity contribution >= 4 is 21.4 Å². The Balaban J connectivity index is 2.59. The van der Waals surface area contributed by atoms with Crippen LogP contribution >= 0.6 is 15.9 Å². The van der Waals surface area contributed by atoms with E-state index in [2.05, 4.69) is 49.0 Å². The molecule has 4 heteroatoms. The third-order valence-corrected chi connectivity index (χ3v) is 2.79. The van der Waals surface area contributed by atoms with Crippen molar-refractivity contribution in [2.24, 2.45) is 0 Å². The van der Waals surface area contributed by atoms with E-state index < -0.39 is 0 Å². The minimum Gasteiger partial charge on any atom is -0.316 e. The Morgan fingerprint density at radius 3 is 3.00 bits per heavy atom. The fourth-order valence-corrected chi connectivity index (χ4v) is 2.12. The Hall–Kier alpha value is -0.870. The van der Waals surface area contributed by atoms with E-state index in [9.17, 15) is 0 Å². The molecule has 0 aliphatic rings. The lowest BCUT2D eigenvalue weighted by Gasteiger charge is -2.02. The van der Waals surface area contributed by atoms with E-state index in [-0.39, 0.29) is 0 Å². The SMILES string of the molecule is CNCc1ccc2c(Br)nc(C)n2c1. The second kappa shape index (κ2) is 3.71. The molecule has 0 unspecified atom stereocenters. The number of pyridine rings is 1. The van der Waals surface area contributed by atoms with E-state index >= 15 is 0 Å². The average Bonchev–Trinajstić information content (AvgIpc) is 2.43. The van der Waals surface area contributed by atoms with Gasteiger partial charge in [0.25, 0.3) is 0 Å². The van der Waals surface area contributed by atoms with Gasteiger partial charge >= 0.3 is 0 Å².